The van der Waals surface area contributed by atoms with Gasteiger partial charge in [-0.25, -0.2) is 4.39 Å². The highest BCUT2D eigenvalue weighted by Crippen LogP contribution is 2.19. The Hall–Kier alpha value is -1.41. The molecule has 0 aliphatic carbocycles. The Morgan fingerprint density at radius 3 is 3.00 bits per heavy atom. The number of carbonyl (C=O) groups excluding carboxylic acids is 1. The SMILES string of the molecule is N#CCC(=O)Nc1cc(Br)ccc1F. The summed E-state index contributed by atoms with van der Waals surface area (Å²) in [6, 6.07) is 5.86. The van der Waals surface area contributed by atoms with E-state index in [-0.39, 0.29) is 12.1 Å². The molecule has 5 heteroatoms. The molecule has 0 atom stereocenters. The van der Waals surface area contributed by atoms with Gasteiger partial charge in [-0.2, -0.15) is 5.26 Å². The molecule has 1 N–H and O–H groups in total. The fraction of sp³-hybridized carbons (Fsp3) is 0.111. The second-order valence-corrected chi connectivity index (χ2v) is 3.42. The smallest absolute Gasteiger partial charge is 0.238 e. The monoisotopic (exact) mass is 256 g/mol. The number of benzene rings is 1. The van der Waals surface area contributed by atoms with Crippen LogP contribution < -0.4 is 5.32 Å². The van der Waals surface area contributed by atoms with Crippen molar-refractivity contribution in [1.82, 2.24) is 0 Å². The number of nitrogens with zero attached hydrogens (tertiary/aromatic N) is 1. The van der Waals surface area contributed by atoms with Crippen LogP contribution >= 0.6 is 15.9 Å². The van der Waals surface area contributed by atoms with Gasteiger partial charge in [-0.15, -0.1) is 0 Å². The van der Waals surface area contributed by atoms with E-state index in [4.69, 9.17) is 5.26 Å². The van der Waals surface area contributed by atoms with E-state index in [0.717, 1.165) is 0 Å². The van der Waals surface area contributed by atoms with E-state index < -0.39 is 11.7 Å². The number of halogens is 2. The van der Waals surface area contributed by atoms with Gasteiger partial charge in [-0.1, -0.05) is 15.9 Å². The lowest BCUT2D eigenvalue weighted by Gasteiger charge is -2.04. The molecule has 0 aromatic heterocycles. The molecule has 1 amide bonds. The average molecular weight is 257 g/mol. The lowest BCUT2D eigenvalue weighted by molar-refractivity contribution is -0.115. The summed E-state index contributed by atoms with van der Waals surface area (Å²) in [7, 11) is 0. The van der Waals surface area contributed by atoms with E-state index in [1.165, 1.54) is 18.2 Å². The van der Waals surface area contributed by atoms with Crippen LogP contribution in [0, 0.1) is 17.1 Å². The van der Waals surface area contributed by atoms with E-state index in [0.29, 0.717) is 4.47 Å². The number of carbonyl (C=O) groups is 1. The van der Waals surface area contributed by atoms with E-state index in [1.807, 2.05) is 0 Å². The van der Waals surface area contributed by atoms with Gasteiger partial charge in [0.1, 0.15) is 12.2 Å². The maximum atomic E-state index is 13.1. The van der Waals surface area contributed by atoms with Gasteiger partial charge in [0.05, 0.1) is 11.8 Å². The summed E-state index contributed by atoms with van der Waals surface area (Å²) >= 11 is 3.14. The van der Waals surface area contributed by atoms with Crippen molar-refractivity contribution in [3.8, 4) is 6.07 Å². The summed E-state index contributed by atoms with van der Waals surface area (Å²) in [5, 5.41) is 10.5. The Balaban J connectivity index is 2.81. The summed E-state index contributed by atoms with van der Waals surface area (Å²) in [6.07, 6.45) is -0.286. The zero-order valence-electron chi connectivity index (χ0n) is 7.05. The quantitative estimate of drug-likeness (QED) is 0.884. The lowest BCUT2D eigenvalue weighted by Crippen LogP contribution is -2.11. The van der Waals surface area contributed by atoms with E-state index >= 15 is 0 Å². The van der Waals surface area contributed by atoms with Crippen LogP contribution in [0.3, 0.4) is 0 Å². The van der Waals surface area contributed by atoms with Crippen LogP contribution in [0.4, 0.5) is 10.1 Å². The minimum absolute atomic E-state index is 0.0691. The maximum Gasteiger partial charge on any atom is 0.238 e. The number of hydrogen-bond donors (Lipinski definition) is 1. The Kier molecular flexibility index (Phi) is 3.60. The van der Waals surface area contributed by atoms with Crippen LogP contribution in [0.15, 0.2) is 22.7 Å². The van der Waals surface area contributed by atoms with Crippen molar-refractivity contribution in [2.45, 2.75) is 6.42 Å². The molecule has 0 radical (unpaired) electrons. The van der Waals surface area contributed by atoms with Gasteiger partial charge in [-0.3, -0.25) is 4.79 Å². The summed E-state index contributed by atoms with van der Waals surface area (Å²) in [6.45, 7) is 0. The molecule has 0 saturated carbocycles. The first-order valence-corrected chi connectivity index (χ1v) is 4.54. The molecule has 0 heterocycles. The van der Waals surface area contributed by atoms with Gasteiger partial charge in [-0.05, 0) is 18.2 Å². The van der Waals surface area contributed by atoms with Gasteiger partial charge < -0.3 is 5.32 Å². The van der Waals surface area contributed by atoms with E-state index in [9.17, 15) is 9.18 Å². The number of anilines is 1. The van der Waals surface area contributed by atoms with Crippen LogP contribution in [0.2, 0.25) is 0 Å². The second kappa shape index (κ2) is 4.72. The third-order valence-electron chi connectivity index (χ3n) is 1.44. The Bertz CT molecular complexity index is 400. The minimum Gasteiger partial charge on any atom is -0.323 e. The van der Waals surface area contributed by atoms with Gasteiger partial charge in [0, 0.05) is 4.47 Å². The average Bonchev–Trinajstić information content (AvgIpc) is 2.12. The largest absolute Gasteiger partial charge is 0.323 e. The standard InChI is InChI=1S/C9H6BrFN2O/c10-6-1-2-7(11)8(5-6)13-9(14)3-4-12/h1-2,5H,3H2,(H,13,14). The zero-order valence-corrected chi connectivity index (χ0v) is 8.64. The summed E-state index contributed by atoms with van der Waals surface area (Å²) < 4.78 is 13.7. The molecule has 1 rings (SSSR count). The van der Waals surface area contributed by atoms with Crippen molar-refractivity contribution in [3.05, 3.63) is 28.5 Å². The second-order valence-electron chi connectivity index (χ2n) is 2.51. The molecule has 14 heavy (non-hydrogen) atoms. The molecule has 0 aliphatic heterocycles. The molecular formula is C9H6BrFN2O. The molecule has 0 bridgehead atoms. The van der Waals surface area contributed by atoms with Crippen LogP contribution in [0.5, 0.6) is 0 Å². The zero-order chi connectivity index (χ0) is 10.6. The lowest BCUT2D eigenvalue weighted by atomic mass is 10.3. The molecule has 0 aliphatic rings. The van der Waals surface area contributed by atoms with Gasteiger partial charge in [0.15, 0.2) is 0 Å². The Morgan fingerprint density at radius 2 is 2.36 bits per heavy atom. The topological polar surface area (TPSA) is 52.9 Å². The molecule has 0 saturated heterocycles. The first-order valence-electron chi connectivity index (χ1n) is 3.75. The van der Waals surface area contributed by atoms with Gasteiger partial charge in [0.2, 0.25) is 5.91 Å². The first-order chi connectivity index (χ1) is 6.63. The van der Waals surface area contributed by atoms with Gasteiger partial charge >= 0.3 is 0 Å². The molecule has 0 unspecified atom stereocenters. The van der Waals surface area contributed by atoms with Crippen LogP contribution in [0.25, 0.3) is 0 Å². The Labute approximate surface area is 88.7 Å². The van der Waals surface area contributed by atoms with E-state index in [2.05, 4.69) is 21.2 Å². The summed E-state index contributed by atoms with van der Waals surface area (Å²) in [5.74, 6) is -1.05. The fourth-order valence-corrected chi connectivity index (χ4v) is 1.22. The third-order valence-corrected chi connectivity index (χ3v) is 1.94. The van der Waals surface area contributed by atoms with Crippen molar-refractivity contribution in [2.75, 3.05) is 5.32 Å². The molecule has 0 spiro atoms. The Morgan fingerprint density at radius 1 is 1.64 bits per heavy atom. The minimum atomic E-state index is -0.528. The highest BCUT2D eigenvalue weighted by Gasteiger charge is 2.06. The van der Waals surface area contributed by atoms with Crippen LogP contribution in [-0.4, -0.2) is 5.91 Å². The molecule has 3 nitrogen and oxygen atoms in total. The predicted molar refractivity (Wildman–Crippen MR) is 53.0 cm³/mol. The third kappa shape index (κ3) is 2.82. The maximum absolute atomic E-state index is 13.1. The van der Waals surface area contributed by atoms with Crippen molar-refractivity contribution in [1.29, 1.82) is 5.26 Å². The summed E-state index contributed by atoms with van der Waals surface area (Å²) in [4.78, 5) is 11.0. The van der Waals surface area contributed by atoms with E-state index in [1.54, 1.807) is 6.07 Å². The van der Waals surface area contributed by atoms with Crippen molar-refractivity contribution >= 4 is 27.5 Å². The fourth-order valence-electron chi connectivity index (χ4n) is 0.859. The van der Waals surface area contributed by atoms with Crippen molar-refractivity contribution in [2.24, 2.45) is 0 Å². The van der Waals surface area contributed by atoms with Crippen molar-refractivity contribution in [3.63, 3.8) is 0 Å². The van der Waals surface area contributed by atoms with Gasteiger partial charge in [0.25, 0.3) is 0 Å². The molecule has 0 fully saturated rings. The van der Waals surface area contributed by atoms with Crippen LogP contribution in [0.1, 0.15) is 6.42 Å². The number of nitriles is 1. The number of hydrogen-bond acceptors (Lipinski definition) is 2. The molecule has 72 valence electrons. The number of rotatable bonds is 2. The first kappa shape index (κ1) is 10.7. The molecule has 1 aromatic rings. The van der Waals surface area contributed by atoms with Crippen LogP contribution in [-0.2, 0) is 4.79 Å². The van der Waals surface area contributed by atoms with Crippen molar-refractivity contribution < 1.29 is 9.18 Å². The number of amides is 1. The molecular weight excluding hydrogens is 251 g/mol. The highest BCUT2D eigenvalue weighted by molar-refractivity contribution is 9.10. The molecule has 1 aromatic carbocycles. The summed E-state index contributed by atoms with van der Waals surface area (Å²) in [5.41, 5.74) is 0.0691. The highest BCUT2D eigenvalue weighted by atomic mass is 79.9. The normalized spacial score (nSPS) is 9.21. The predicted octanol–water partition coefficient (Wildman–Crippen LogP) is 2.44. The number of nitrogens with one attached hydrogen (secondary N) is 1.